The Kier molecular flexibility index (Phi) is 6.48. The highest BCUT2D eigenvalue weighted by Crippen LogP contribution is 2.15. The molecule has 0 saturated carbocycles. The Hall–Kier alpha value is -0.160. The predicted molar refractivity (Wildman–Crippen MR) is 71.3 cm³/mol. The zero-order valence-electron chi connectivity index (χ0n) is 12.5. The summed E-state index contributed by atoms with van der Waals surface area (Å²) in [5.41, 5.74) is 0. The van der Waals surface area contributed by atoms with E-state index < -0.39 is 0 Å². The number of rotatable bonds is 6. The van der Waals surface area contributed by atoms with Gasteiger partial charge in [0.15, 0.2) is 0 Å². The minimum absolute atomic E-state index is 0.412. The summed E-state index contributed by atoms with van der Waals surface area (Å²) in [4.78, 5) is 9.25. The van der Waals surface area contributed by atoms with Crippen LogP contribution in [0.2, 0.25) is 0 Å². The first-order valence-electron chi connectivity index (χ1n) is 5.96. The average molecular weight is 230 g/mol. The lowest BCUT2D eigenvalue weighted by molar-refractivity contribution is -0.0659. The highest BCUT2D eigenvalue weighted by Gasteiger charge is 2.28. The maximum Gasteiger partial charge on any atom is 0.0616 e. The van der Waals surface area contributed by atoms with E-state index in [-0.39, 0.29) is 0 Å². The third-order valence-electron chi connectivity index (χ3n) is 3.54. The molecule has 4 heteroatoms. The molecule has 0 aliphatic heterocycles. The van der Waals surface area contributed by atoms with Crippen molar-refractivity contribution in [2.75, 3.05) is 42.3 Å². The molecule has 0 radical (unpaired) electrons. The fourth-order valence-electron chi connectivity index (χ4n) is 1.74. The first-order valence-corrected chi connectivity index (χ1v) is 5.96. The molecule has 0 aliphatic rings. The summed E-state index contributed by atoms with van der Waals surface area (Å²) in [6.07, 6.45) is 1.24. The van der Waals surface area contributed by atoms with E-state index in [9.17, 15) is 0 Å². The van der Waals surface area contributed by atoms with Crippen molar-refractivity contribution in [3.8, 4) is 0 Å². The molecule has 98 valence electrons. The maximum atomic E-state index is 2.50. The van der Waals surface area contributed by atoms with Crippen LogP contribution in [0, 0.1) is 0 Å². The monoisotopic (exact) mass is 230 g/mol. The topological polar surface area (TPSA) is 13.0 Å². The molecule has 0 N–H and O–H groups in total. The van der Waals surface area contributed by atoms with Gasteiger partial charge in [0.05, 0.1) is 18.5 Å². The van der Waals surface area contributed by atoms with E-state index in [0.29, 0.717) is 18.5 Å². The molecule has 16 heavy (non-hydrogen) atoms. The molecule has 0 heterocycles. The Labute approximate surface area is 102 Å². The van der Waals surface area contributed by atoms with Crippen LogP contribution in [-0.4, -0.2) is 80.4 Å². The van der Waals surface area contributed by atoms with Gasteiger partial charge in [0.25, 0.3) is 0 Å². The minimum atomic E-state index is 0.412. The second-order valence-electron chi connectivity index (χ2n) is 5.23. The number of nitrogens with zero attached hydrogens (tertiary/aromatic N) is 4. The predicted octanol–water partition coefficient (Wildman–Crippen LogP) is 1.01. The van der Waals surface area contributed by atoms with Crippen molar-refractivity contribution >= 4 is 0 Å². The van der Waals surface area contributed by atoms with Crippen molar-refractivity contribution in [1.29, 1.82) is 0 Å². The molecule has 0 rings (SSSR count). The van der Waals surface area contributed by atoms with E-state index in [0.717, 1.165) is 0 Å². The van der Waals surface area contributed by atoms with Gasteiger partial charge in [-0.15, -0.1) is 0 Å². The second-order valence-corrected chi connectivity index (χ2v) is 5.23. The lowest BCUT2D eigenvalue weighted by Gasteiger charge is -2.46. The van der Waals surface area contributed by atoms with Gasteiger partial charge in [0.2, 0.25) is 0 Å². The second kappa shape index (κ2) is 6.55. The Morgan fingerprint density at radius 3 is 0.812 bits per heavy atom. The van der Waals surface area contributed by atoms with Gasteiger partial charge >= 0.3 is 0 Å². The molecule has 0 amide bonds. The van der Waals surface area contributed by atoms with E-state index >= 15 is 0 Å². The van der Waals surface area contributed by atoms with E-state index in [1.807, 2.05) is 0 Å². The number of hydrogen-bond donors (Lipinski definition) is 0. The molecule has 0 aliphatic carbocycles. The fourth-order valence-corrected chi connectivity index (χ4v) is 1.74. The summed E-state index contributed by atoms with van der Waals surface area (Å²) in [6.45, 7) is 6.75. The molecular weight excluding hydrogens is 200 g/mol. The Morgan fingerprint density at radius 2 is 0.688 bits per heavy atom. The molecule has 4 nitrogen and oxygen atoms in total. The normalized spacial score (nSPS) is 18.6. The van der Waals surface area contributed by atoms with Crippen molar-refractivity contribution in [2.24, 2.45) is 0 Å². The highest BCUT2D eigenvalue weighted by atomic mass is 15.5. The highest BCUT2D eigenvalue weighted by molar-refractivity contribution is 4.75. The van der Waals surface area contributed by atoms with Crippen molar-refractivity contribution in [2.45, 2.75) is 39.3 Å². The quantitative estimate of drug-likeness (QED) is 0.631. The molecule has 0 aromatic heterocycles. The molecule has 3 atom stereocenters. The average Bonchev–Trinajstić information content (AvgIpc) is 2.16. The summed E-state index contributed by atoms with van der Waals surface area (Å²) in [5.74, 6) is 0. The van der Waals surface area contributed by atoms with Crippen molar-refractivity contribution < 1.29 is 0 Å². The molecule has 3 unspecified atom stereocenters. The van der Waals surface area contributed by atoms with Gasteiger partial charge in [-0.25, -0.2) is 0 Å². The first kappa shape index (κ1) is 15.8. The SMILES string of the molecule is CC(N(C)C)N(C(C)N(C)C)C(C)N(C)C. The van der Waals surface area contributed by atoms with Crippen LogP contribution in [0.15, 0.2) is 0 Å². The van der Waals surface area contributed by atoms with Crippen LogP contribution < -0.4 is 0 Å². The molecule has 0 bridgehead atoms. The lowest BCUT2D eigenvalue weighted by Crippen LogP contribution is -2.59. The third-order valence-corrected chi connectivity index (χ3v) is 3.54. The zero-order valence-corrected chi connectivity index (χ0v) is 12.5. The van der Waals surface area contributed by atoms with Crippen LogP contribution in [0.3, 0.4) is 0 Å². The third kappa shape index (κ3) is 4.01. The molecule has 0 aromatic rings. The van der Waals surface area contributed by atoms with E-state index in [1.165, 1.54) is 0 Å². The van der Waals surface area contributed by atoms with Crippen molar-refractivity contribution in [3.05, 3.63) is 0 Å². The molecule has 0 saturated heterocycles. The van der Waals surface area contributed by atoms with Crippen LogP contribution in [-0.2, 0) is 0 Å². The number of hydrogen-bond acceptors (Lipinski definition) is 4. The van der Waals surface area contributed by atoms with Crippen LogP contribution >= 0.6 is 0 Å². The first-order chi connectivity index (χ1) is 7.20. The standard InChI is InChI=1S/C12H30N4/c1-10(13(4)5)16(11(2)14(6)7)12(3)15(8)9/h10-12H,1-9H3. The summed E-state index contributed by atoms with van der Waals surface area (Å²) < 4.78 is 0. The summed E-state index contributed by atoms with van der Waals surface area (Å²) in [6, 6.07) is 0. The van der Waals surface area contributed by atoms with Crippen LogP contribution in [0.1, 0.15) is 20.8 Å². The van der Waals surface area contributed by atoms with Crippen molar-refractivity contribution in [3.63, 3.8) is 0 Å². The van der Waals surface area contributed by atoms with Crippen LogP contribution in [0.5, 0.6) is 0 Å². The van der Waals surface area contributed by atoms with Crippen LogP contribution in [0.25, 0.3) is 0 Å². The van der Waals surface area contributed by atoms with Gasteiger partial charge < -0.3 is 0 Å². The van der Waals surface area contributed by atoms with E-state index in [2.05, 4.69) is 82.7 Å². The molecule has 0 fully saturated rings. The van der Waals surface area contributed by atoms with Crippen LogP contribution in [0.4, 0.5) is 0 Å². The Morgan fingerprint density at radius 1 is 0.500 bits per heavy atom. The van der Waals surface area contributed by atoms with Gasteiger partial charge in [0, 0.05) is 0 Å². The lowest BCUT2D eigenvalue weighted by atomic mass is 10.3. The summed E-state index contributed by atoms with van der Waals surface area (Å²) in [7, 11) is 12.8. The molecular formula is C12H30N4. The van der Waals surface area contributed by atoms with Crippen molar-refractivity contribution in [1.82, 2.24) is 19.6 Å². The summed E-state index contributed by atoms with van der Waals surface area (Å²) >= 11 is 0. The largest absolute Gasteiger partial charge is 0.294 e. The zero-order chi connectivity index (χ0) is 13.0. The Bertz CT molecular complexity index is 158. The van der Waals surface area contributed by atoms with E-state index in [1.54, 1.807) is 0 Å². The smallest absolute Gasteiger partial charge is 0.0616 e. The van der Waals surface area contributed by atoms with E-state index in [4.69, 9.17) is 0 Å². The molecule has 0 aromatic carbocycles. The van der Waals surface area contributed by atoms with Gasteiger partial charge in [-0.2, -0.15) is 0 Å². The van der Waals surface area contributed by atoms with Gasteiger partial charge in [-0.05, 0) is 63.1 Å². The van der Waals surface area contributed by atoms with Gasteiger partial charge in [-0.1, -0.05) is 0 Å². The summed E-state index contributed by atoms with van der Waals surface area (Å²) in [5, 5.41) is 0. The Balaban J connectivity index is 4.89. The fraction of sp³-hybridized carbons (Fsp3) is 1.00. The van der Waals surface area contributed by atoms with Gasteiger partial charge in [0.1, 0.15) is 0 Å². The minimum Gasteiger partial charge on any atom is -0.294 e. The maximum absolute atomic E-state index is 2.50. The van der Waals surface area contributed by atoms with Gasteiger partial charge in [-0.3, -0.25) is 19.6 Å². The molecule has 0 spiro atoms.